The minimum absolute atomic E-state index is 0.458. The Morgan fingerprint density at radius 1 is 1.50 bits per heavy atom. The molecule has 64 valence electrons. The number of hydrogen-bond acceptors (Lipinski definition) is 2. The molecule has 1 aliphatic heterocycles. The van der Waals surface area contributed by atoms with Crippen LogP contribution in [0.25, 0.3) is 0 Å². The number of amidine groups is 1. The highest BCUT2D eigenvalue weighted by Gasteiger charge is 2.24. The predicted molar refractivity (Wildman–Crippen MR) is 51.8 cm³/mol. The van der Waals surface area contributed by atoms with E-state index < -0.39 is 0 Å². The van der Waals surface area contributed by atoms with Gasteiger partial charge in [-0.1, -0.05) is 26.0 Å². The SMILES string of the molecule is CC(C)C1=NC2CC=CC2C=N1. The van der Waals surface area contributed by atoms with Crippen molar-refractivity contribution in [3.63, 3.8) is 0 Å². The lowest BCUT2D eigenvalue weighted by Gasteiger charge is -2.18. The van der Waals surface area contributed by atoms with E-state index in [0.29, 0.717) is 17.9 Å². The molecule has 2 rings (SSSR count). The van der Waals surface area contributed by atoms with Gasteiger partial charge in [0.05, 0.1) is 6.04 Å². The third-order valence-corrected chi connectivity index (χ3v) is 2.37. The summed E-state index contributed by atoms with van der Waals surface area (Å²) in [6.07, 6.45) is 7.53. The van der Waals surface area contributed by atoms with E-state index in [0.717, 1.165) is 12.3 Å². The summed E-state index contributed by atoms with van der Waals surface area (Å²) in [7, 11) is 0. The van der Waals surface area contributed by atoms with E-state index in [-0.39, 0.29) is 0 Å². The molecule has 2 heteroatoms. The number of nitrogens with zero attached hydrogens (tertiary/aromatic N) is 2. The van der Waals surface area contributed by atoms with Gasteiger partial charge in [0.2, 0.25) is 0 Å². The normalized spacial score (nSPS) is 32.4. The fraction of sp³-hybridized carbons (Fsp3) is 0.600. The lowest BCUT2D eigenvalue weighted by atomic mass is 10.0. The summed E-state index contributed by atoms with van der Waals surface area (Å²) in [5, 5.41) is 0. The Morgan fingerprint density at radius 2 is 2.33 bits per heavy atom. The van der Waals surface area contributed by atoms with Crippen LogP contribution in [0.5, 0.6) is 0 Å². The number of hydrogen-bond donors (Lipinski definition) is 0. The number of rotatable bonds is 1. The van der Waals surface area contributed by atoms with Gasteiger partial charge in [0.25, 0.3) is 0 Å². The van der Waals surface area contributed by atoms with Gasteiger partial charge in [-0.05, 0) is 6.42 Å². The van der Waals surface area contributed by atoms with Crippen molar-refractivity contribution in [2.24, 2.45) is 21.8 Å². The predicted octanol–water partition coefficient (Wildman–Crippen LogP) is 2.07. The molecule has 2 atom stereocenters. The Bertz CT molecular complexity index is 261. The summed E-state index contributed by atoms with van der Waals surface area (Å²) in [6, 6.07) is 0.458. The molecule has 0 fully saturated rings. The molecular weight excluding hydrogens is 148 g/mol. The van der Waals surface area contributed by atoms with E-state index in [1.807, 2.05) is 6.21 Å². The average molecular weight is 162 g/mol. The van der Waals surface area contributed by atoms with Crippen molar-refractivity contribution in [2.45, 2.75) is 26.3 Å². The van der Waals surface area contributed by atoms with Gasteiger partial charge in [0, 0.05) is 18.1 Å². The molecule has 1 aliphatic carbocycles. The number of aliphatic imine (C=N–C) groups is 2. The van der Waals surface area contributed by atoms with Gasteiger partial charge in [-0.3, -0.25) is 4.99 Å². The third-order valence-electron chi connectivity index (χ3n) is 2.37. The minimum Gasteiger partial charge on any atom is -0.266 e. The number of fused-ring (bicyclic) bond motifs is 1. The van der Waals surface area contributed by atoms with Crippen LogP contribution in [0.2, 0.25) is 0 Å². The van der Waals surface area contributed by atoms with E-state index >= 15 is 0 Å². The van der Waals surface area contributed by atoms with Gasteiger partial charge in [-0.25, -0.2) is 4.99 Å². The highest BCUT2D eigenvalue weighted by molar-refractivity contribution is 5.94. The van der Waals surface area contributed by atoms with Crippen LogP contribution < -0.4 is 0 Å². The third kappa shape index (κ3) is 1.22. The monoisotopic (exact) mass is 162 g/mol. The molecule has 0 aromatic heterocycles. The molecule has 2 nitrogen and oxygen atoms in total. The molecule has 2 unspecified atom stereocenters. The first kappa shape index (κ1) is 7.71. The van der Waals surface area contributed by atoms with Crippen molar-refractivity contribution < 1.29 is 0 Å². The topological polar surface area (TPSA) is 24.7 Å². The van der Waals surface area contributed by atoms with E-state index in [2.05, 4.69) is 36.0 Å². The van der Waals surface area contributed by atoms with Gasteiger partial charge in [-0.15, -0.1) is 0 Å². The van der Waals surface area contributed by atoms with Crippen LogP contribution in [-0.2, 0) is 0 Å². The Morgan fingerprint density at radius 3 is 3.08 bits per heavy atom. The Balaban J connectivity index is 2.18. The summed E-state index contributed by atoms with van der Waals surface area (Å²) in [5.41, 5.74) is 0. The minimum atomic E-state index is 0.458. The van der Waals surface area contributed by atoms with E-state index in [1.165, 1.54) is 0 Å². The molecule has 0 aromatic carbocycles. The first-order valence-electron chi connectivity index (χ1n) is 4.56. The van der Waals surface area contributed by atoms with E-state index in [4.69, 9.17) is 0 Å². The van der Waals surface area contributed by atoms with Crippen LogP contribution in [0, 0.1) is 11.8 Å². The van der Waals surface area contributed by atoms with E-state index in [9.17, 15) is 0 Å². The van der Waals surface area contributed by atoms with Crippen molar-refractivity contribution in [1.82, 2.24) is 0 Å². The van der Waals surface area contributed by atoms with Crippen LogP contribution in [-0.4, -0.2) is 18.1 Å². The quantitative estimate of drug-likeness (QED) is 0.527. The van der Waals surface area contributed by atoms with Crippen LogP contribution in [0.15, 0.2) is 22.1 Å². The molecule has 0 bridgehead atoms. The molecule has 1 heterocycles. The highest BCUT2D eigenvalue weighted by Crippen LogP contribution is 2.23. The van der Waals surface area contributed by atoms with Gasteiger partial charge < -0.3 is 0 Å². The van der Waals surface area contributed by atoms with Gasteiger partial charge in [0.15, 0.2) is 0 Å². The molecule has 0 amide bonds. The second-order valence-corrected chi connectivity index (χ2v) is 3.73. The largest absolute Gasteiger partial charge is 0.266 e. The summed E-state index contributed by atoms with van der Waals surface area (Å²) in [4.78, 5) is 8.94. The van der Waals surface area contributed by atoms with Crippen molar-refractivity contribution in [1.29, 1.82) is 0 Å². The molecule has 0 saturated heterocycles. The standard InChI is InChI=1S/C10H14N2/c1-7(2)10-11-6-8-4-3-5-9(8)12-10/h3-4,6-9H,5H2,1-2H3. The van der Waals surface area contributed by atoms with E-state index in [1.54, 1.807) is 0 Å². The zero-order valence-corrected chi connectivity index (χ0v) is 7.57. The van der Waals surface area contributed by atoms with Gasteiger partial charge in [0.1, 0.15) is 5.84 Å². The Hall–Kier alpha value is -0.920. The first-order chi connectivity index (χ1) is 5.77. The fourth-order valence-electron chi connectivity index (χ4n) is 1.61. The molecule has 12 heavy (non-hydrogen) atoms. The lowest BCUT2D eigenvalue weighted by Crippen LogP contribution is -2.22. The van der Waals surface area contributed by atoms with Crippen LogP contribution in [0.3, 0.4) is 0 Å². The molecule has 0 radical (unpaired) electrons. The van der Waals surface area contributed by atoms with Crippen molar-refractivity contribution in [3.8, 4) is 0 Å². The Labute approximate surface area is 73.1 Å². The van der Waals surface area contributed by atoms with Crippen LogP contribution in [0.1, 0.15) is 20.3 Å². The molecule has 0 saturated carbocycles. The average Bonchev–Trinajstić information content (AvgIpc) is 2.49. The van der Waals surface area contributed by atoms with Gasteiger partial charge in [-0.2, -0.15) is 0 Å². The maximum absolute atomic E-state index is 4.60. The van der Waals surface area contributed by atoms with Crippen molar-refractivity contribution in [2.75, 3.05) is 0 Å². The zero-order chi connectivity index (χ0) is 8.55. The molecular formula is C10H14N2. The van der Waals surface area contributed by atoms with Crippen LogP contribution >= 0.6 is 0 Å². The first-order valence-corrected chi connectivity index (χ1v) is 4.56. The van der Waals surface area contributed by atoms with Crippen molar-refractivity contribution in [3.05, 3.63) is 12.2 Å². The smallest absolute Gasteiger partial charge is 0.125 e. The van der Waals surface area contributed by atoms with Crippen LogP contribution in [0.4, 0.5) is 0 Å². The summed E-state index contributed by atoms with van der Waals surface area (Å²) >= 11 is 0. The Kier molecular flexibility index (Phi) is 1.83. The zero-order valence-electron chi connectivity index (χ0n) is 7.57. The summed E-state index contributed by atoms with van der Waals surface area (Å²) < 4.78 is 0. The molecule has 0 N–H and O–H groups in total. The van der Waals surface area contributed by atoms with Crippen molar-refractivity contribution >= 4 is 12.1 Å². The molecule has 0 spiro atoms. The molecule has 0 aromatic rings. The second-order valence-electron chi connectivity index (χ2n) is 3.73. The van der Waals surface area contributed by atoms with Gasteiger partial charge >= 0.3 is 0 Å². The maximum Gasteiger partial charge on any atom is 0.125 e. The molecule has 2 aliphatic rings. The highest BCUT2D eigenvalue weighted by atomic mass is 15.0. The fourth-order valence-corrected chi connectivity index (χ4v) is 1.61. The lowest BCUT2D eigenvalue weighted by molar-refractivity contribution is 0.642. The summed E-state index contributed by atoms with van der Waals surface area (Å²) in [5.74, 6) is 1.95. The summed E-state index contributed by atoms with van der Waals surface area (Å²) in [6.45, 7) is 4.28. The second kappa shape index (κ2) is 2.85. The maximum atomic E-state index is 4.60.